The predicted octanol–water partition coefficient (Wildman–Crippen LogP) is 0.549. The molecule has 3 unspecified atom stereocenters. The van der Waals surface area contributed by atoms with Crippen LogP contribution >= 0.6 is 0 Å². The third-order valence-corrected chi connectivity index (χ3v) is 5.02. The molecule has 1 aliphatic carbocycles. The van der Waals surface area contributed by atoms with E-state index in [2.05, 4.69) is 5.32 Å². The molecule has 17 heavy (non-hydrogen) atoms. The maximum atomic E-state index is 11.6. The van der Waals surface area contributed by atoms with E-state index in [1.807, 2.05) is 6.92 Å². The number of rotatable bonds is 6. The van der Waals surface area contributed by atoms with E-state index in [1.165, 1.54) is 6.26 Å². The molecule has 3 atom stereocenters. The van der Waals surface area contributed by atoms with Crippen LogP contribution in [0.1, 0.15) is 26.2 Å². The maximum absolute atomic E-state index is 11.6. The predicted molar refractivity (Wildman–Crippen MR) is 66.7 cm³/mol. The van der Waals surface area contributed by atoms with Crippen molar-refractivity contribution >= 4 is 9.84 Å². The van der Waals surface area contributed by atoms with Gasteiger partial charge in [-0.2, -0.15) is 0 Å². The highest BCUT2D eigenvalue weighted by Crippen LogP contribution is 2.25. The molecule has 1 fully saturated rings. The van der Waals surface area contributed by atoms with Crippen LogP contribution in [0, 0.1) is 0 Å². The zero-order valence-corrected chi connectivity index (χ0v) is 11.8. The fraction of sp³-hybridized carbons (Fsp3) is 1.00. The maximum Gasteiger partial charge on any atom is 0.171 e. The summed E-state index contributed by atoms with van der Waals surface area (Å²) in [6, 6.07) is -0.0230. The fourth-order valence-electron chi connectivity index (χ4n) is 2.55. The van der Waals surface area contributed by atoms with Gasteiger partial charge in [-0.1, -0.05) is 6.42 Å². The molecule has 1 rings (SSSR count). The summed E-state index contributed by atoms with van der Waals surface area (Å²) in [6.45, 7) is 1.94. The first kappa shape index (κ1) is 14.9. The van der Waals surface area contributed by atoms with Crippen LogP contribution in [-0.4, -0.2) is 52.5 Å². The number of hydrogen-bond acceptors (Lipinski definition) is 5. The molecule has 0 spiro atoms. The first-order valence-corrected chi connectivity index (χ1v) is 7.86. The van der Waals surface area contributed by atoms with Crippen LogP contribution in [0.3, 0.4) is 0 Å². The lowest BCUT2D eigenvalue weighted by Crippen LogP contribution is -2.49. The van der Waals surface area contributed by atoms with Crippen molar-refractivity contribution in [2.24, 2.45) is 0 Å². The summed E-state index contributed by atoms with van der Waals surface area (Å²) in [5.74, 6) is 0. The third kappa shape index (κ3) is 3.91. The number of nitrogens with one attached hydrogen (secondary N) is 1. The molecule has 1 aliphatic rings. The highest BCUT2D eigenvalue weighted by Gasteiger charge is 2.36. The quantitative estimate of drug-likeness (QED) is 0.711. The molecule has 0 radical (unpaired) electrons. The normalized spacial score (nSPS) is 27.6. The van der Waals surface area contributed by atoms with E-state index in [4.69, 9.17) is 9.47 Å². The Hall–Kier alpha value is -0.170. The molecule has 0 aromatic rings. The summed E-state index contributed by atoms with van der Waals surface area (Å²) in [7, 11) is 0.176. The second kappa shape index (κ2) is 6.13. The van der Waals surface area contributed by atoms with Gasteiger partial charge in [-0.05, 0) is 19.8 Å². The number of hydrogen-bond donors (Lipinski definition) is 1. The largest absolute Gasteiger partial charge is 0.354 e. The lowest BCUT2D eigenvalue weighted by molar-refractivity contribution is -0.120. The topological polar surface area (TPSA) is 64.6 Å². The first-order valence-electron chi connectivity index (χ1n) is 5.90. The van der Waals surface area contributed by atoms with Gasteiger partial charge >= 0.3 is 0 Å². The molecule has 0 aliphatic heterocycles. The Morgan fingerprint density at radius 1 is 1.24 bits per heavy atom. The zero-order chi connectivity index (χ0) is 13.1. The Morgan fingerprint density at radius 3 is 2.29 bits per heavy atom. The minimum absolute atomic E-state index is 0.00722. The smallest absolute Gasteiger partial charge is 0.171 e. The van der Waals surface area contributed by atoms with Gasteiger partial charge in [0.05, 0.1) is 11.3 Å². The minimum Gasteiger partial charge on any atom is -0.354 e. The Bertz CT molecular complexity index is 326. The molecule has 5 nitrogen and oxygen atoms in total. The van der Waals surface area contributed by atoms with E-state index in [0.717, 1.165) is 19.3 Å². The summed E-state index contributed by atoms with van der Waals surface area (Å²) < 4.78 is 33.6. The van der Waals surface area contributed by atoms with Crippen molar-refractivity contribution in [1.82, 2.24) is 5.32 Å². The standard InChI is InChI=1S/C11H23NO4S/c1-8(11(15-2)16-3)12-9-6-5-7-10(9)17(4,13)14/h8-12H,5-7H2,1-4H3. The van der Waals surface area contributed by atoms with Gasteiger partial charge in [-0.15, -0.1) is 0 Å². The Kier molecular flexibility index (Phi) is 5.37. The molecular formula is C11H23NO4S. The fourth-order valence-corrected chi connectivity index (χ4v) is 3.96. The van der Waals surface area contributed by atoms with Crippen molar-refractivity contribution in [2.45, 2.75) is 49.8 Å². The summed E-state index contributed by atoms with van der Waals surface area (Å²) in [6.07, 6.45) is 3.55. The minimum atomic E-state index is -2.98. The van der Waals surface area contributed by atoms with Crippen LogP contribution in [-0.2, 0) is 19.3 Å². The molecular weight excluding hydrogens is 242 g/mol. The van der Waals surface area contributed by atoms with Crippen molar-refractivity contribution < 1.29 is 17.9 Å². The summed E-state index contributed by atoms with van der Waals surface area (Å²) in [5.41, 5.74) is 0. The van der Waals surface area contributed by atoms with Gasteiger partial charge in [-0.3, -0.25) is 0 Å². The molecule has 6 heteroatoms. The van der Waals surface area contributed by atoms with Crippen LogP contribution in [0.5, 0.6) is 0 Å². The van der Waals surface area contributed by atoms with Crippen molar-refractivity contribution in [3.63, 3.8) is 0 Å². The third-order valence-electron chi connectivity index (χ3n) is 3.35. The monoisotopic (exact) mass is 265 g/mol. The van der Waals surface area contributed by atoms with Crippen molar-refractivity contribution in [3.8, 4) is 0 Å². The van der Waals surface area contributed by atoms with E-state index >= 15 is 0 Å². The summed E-state index contributed by atoms with van der Waals surface area (Å²) in [4.78, 5) is 0. The van der Waals surface area contributed by atoms with Gasteiger partial charge in [0.2, 0.25) is 0 Å². The van der Waals surface area contributed by atoms with Gasteiger partial charge in [0.15, 0.2) is 16.1 Å². The Morgan fingerprint density at radius 2 is 1.82 bits per heavy atom. The van der Waals surface area contributed by atoms with Gasteiger partial charge in [0.1, 0.15) is 0 Å². The highest BCUT2D eigenvalue weighted by atomic mass is 32.2. The van der Waals surface area contributed by atoms with E-state index in [-0.39, 0.29) is 23.6 Å². The van der Waals surface area contributed by atoms with Crippen LogP contribution < -0.4 is 5.32 Å². The summed E-state index contributed by atoms with van der Waals surface area (Å²) in [5, 5.41) is 3.03. The molecule has 0 heterocycles. The molecule has 0 bridgehead atoms. The van der Waals surface area contributed by atoms with Crippen LogP contribution in [0.4, 0.5) is 0 Å². The van der Waals surface area contributed by atoms with E-state index in [0.29, 0.717) is 0 Å². The number of sulfone groups is 1. The van der Waals surface area contributed by atoms with Crippen LogP contribution in [0.15, 0.2) is 0 Å². The Labute approximate surface area is 104 Å². The van der Waals surface area contributed by atoms with Gasteiger partial charge in [0, 0.05) is 26.5 Å². The van der Waals surface area contributed by atoms with Gasteiger partial charge in [-0.25, -0.2) is 8.42 Å². The molecule has 0 saturated heterocycles. The van der Waals surface area contributed by atoms with Crippen molar-refractivity contribution in [2.75, 3.05) is 20.5 Å². The van der Waals surface area contributed by atoms with Gasteiger partial charge in [0.25, 0.3) is 0 Å². The lowest BCUT2D eigenvalue weighted by atomic mass is 10.2. The van der Waals surface area contributed by atoms with Crippen molar-refractivity contribution in [3.05, 3.63) is 0 Å². The number of methoxy groups -OCH3 is 2. The highest BCUT2D eigenvalue weighted by molar-refractivity contribution is 7.91. The van der Waals surface area contributed by atoms with Crippen LogP contribution in [0.25, 0.3) is 0 Å². The summed E-state index contributed by atoms with van der Waals surface area (Å²) >= 11 is 0. The van der Waals surface area contributed by atoms with Gasteiger partial charge < -0.3 is 14.8 Å². The molecule has 1 saturated carbocycles. The van der Waals surface area contributed by atoms with E-state index < -0.39 is 9.84 Å². The first-order chi connectivity index (χ1) is 7.90. The van der Waals surface area contributed by atoms with E-state index in [9.17, 15) is 8.42 Å². The van der Waals surface area contributed by atoms with E-state index in [1.54, 1.807) is 14.2 Å². The lowest BCUT2D eigenvalue weighted by Gasteiger charge is -2.28. The Balaban J connectivity index is 2.62. The zero-order valence-electron chi connectivity index (χ0n) is 11.0. The number of ether oxygens (including phenoxy) is 2. The molecule has 1 N–H and O–H groups in total. The second-order valence-electron chi connectivity index (χ2n) is 4.70. The molecule has 102 valence electrons. The SMILES string of the molecule is COC(OC)C(C)NC1CCCC1S(C)(=O)=O. The second-order valence-corrected chi connectivity index (χ2v) is 6.97. The molecule has 0 aromatic heterocycles. The average Bonchev–Trinajstić information content (AvgIpc) is 2.67. The molecule has 0 amide bonds. The van der Waals surface area contributed by atoms with Crippen LogP contribution in [0.2, 0.25) is 0 Å². The van der Waals surface area contributed by atoms with Crippen molar-refractivity contribution in [1.29, 1.82) is 0 Å². The molecule has 0 aromatic carbocycles. The average molecular weight is 265 g/mol.